The van der Waals surface area contributed by atoms with Crippen LogP contribution >= 0.6 is 0 Å². The van der Waals surface area contributed by atoms with Gasteiger partial charge in [0.1, 0.15) is 0 Å². The van der Waals surface area contributed by atoms with Gasteiger partial charge in [0, 0.05) is 31.5 Å². The first-order valence-corrected chi connectivity index (χ1v) is 7.21. The highest BCUT2D eigenvalue weighted by molar-refractivity contribution is 5.01. The number of nitrogens with one attached hydrogen (secondary N) is 1. The normalized spacial score (nSPS) is 19.2. The first kappa shape index (κ1) is 13.6. The molecule has 0 saturated heterocycles. The molecule has 1 N–H and O–H groups in total. The van der Waals surface area contributed by atoms with Crippen LogP contribution in [-0.2, 0) is 13.5 Å². The third-order valence-corrected chi connectivity index (χ3v) is 4.64. The average molecular weight is 249 g/mol. The van der Waals surface area contributed by atoms with E-state index in [-0.39, 0.29) is 0 Å². The Labute approximate surface area is 111 Å². The highest BCUT2D eigenvalue weighted by Gasteiger charge is 2.31. The van der Waals surface area contributed by atoms with E-state index in [1.807, 2.05) is 17.9 Å². The minimum absolute atomic E-state index is 0.382. The molecule has 1 aromatic rings. The first-order chi connectivity index (χ1) is 8.51. The smallest absolute Gasteiger partial charge is 0.0492 e. The SMILES string of the molecule is CC(C)C(C)(CCc1ccnn1C)CNC1CC1. The standard InChI is InChI=1S/C15H27N3/c1-12(2)15(3,11-16-13-5-6-13)9-7-14-8-10-17-18(14)4/h8,10,12-13,16H,5-7,9,11H2,1-4H3. The fraction of sp³-hybridized carbons (Fsp3) is 0.800. The maximum atomic E-state index is 4.25. The molecule has 0 radical (unpaired) electrons. The van der Waals surface area contributed by atoms with Crippen molar-refractivity contribution in [3.8, 4) is 0 Å². The largest absolute Gasteiger partial charge is 0.313 e. The van der Waals surface area contributed by atoms with Crippen LogP contribution in [-0.4, -0.2) is 22.4 Å². The Morgan fingerprint density at radius 1 is 1.50 bits per heavy atom. The summed E-state index contributed by atoms with van der Waals surface area (Å²) in [6.07, 6.45) is 6.98. The molecule has 1 saturated carbocycles. The van der Waals surface area contributed by atoms with E-state index in [0.717, 1.165) is 19.0 Å². The van der Waals surface area contributed by atoms with Crippen molar-refractivity contribution in [3.63, 3.8) is 0 Å². The van der Waals surface area contributed by atoms with E-state index in [4.69, 9.17) is 0 Å². The molecule has 1 aliphatic rings. The first-order valence-electron chi connectivity index (χ1n) is 7.21. The lowest BCUT2D eigenvalue weighted by Gasteiger charge is -2.34. The lowest BCUT2D eigenvalue weighted by molar-refractivity contribution is 0.189. The molecule has 1 atom stereocenters. The van der Waals surface area contributed by atoms with Crippen LogP contribution in [0, 0.1) is 11.3 Å². The number of hydrogen-bond acceptors (Lipinski definition) is 2. The van der Waals surface area contributed by atoms with Gasteiger partial charge in [-0.2, -0.15) is 5.10 Å². The summed E-state index contributed by atoms with van der Waals surface area (Å²) in [5.41, 5.74) is 1.72. The molecule has 1 heterocycles. The second-order valence-corrected chi connectivity index (χ2v) is 6.41. The molecule has 1 aromatic heterocycles. The summed E-state index contributed by atoms with van der Waals surface area (Å²) in [6.45, 7) is 8.26. The zero-order valence-electron chi connectivity index (χ0n) is 12.2. The molecule has 0 aliphatic heterocycles. The molecule has 18 heavy (non-hydrogen) atoms. The van der Waals surface area contributed by atoms with Crippen LogP contribution in [0.25, 0.3) is 0 Å². The van der Waals surface area contributed by atoms with Gasteiger partial charge in [0.2, 0.25) is 0 Å². The van der Waals surface area contributed by atoms with E-state index in [2.05, 4.69) is 37.3 Å². The van der Waals surface area contributed by atoms with Crippen molar-refractivity contribution in [2.45, 2.75) is 52.5 Å². The molecule has 3 heteroatoms. The molecular formula is C15H27N3. The predicted octanol–water partition coefficient (Wildman–Crippen LogP) is 2.77. The van der Waals surface area contributed by atoms with Crippen LogP contribution < -0.4 is 5.32 Å². The summed E-state index contributed by atoms with van der Waals surface area (Å²) in [5, 5.41) is 7.95. The van der Waals surface area contributed by atoms with E-state index in [1.165, 1.54) is 25.0 Å². The van der Waals surface area contributed by atoms with Crippen LogP contribution in [0.15, 0.2) is 12.3 Å². The second kappa shape index (κ2) is 5.43. The molecule has 102 valence electrons. The highest BCUT2D eigenvalue weighted by Crippen LogP contribution is 2.33. The van der Waals surface area contributed by atoms with Gasteiger partial charge in [-0.1, -0.05) is 20.8 Å². The molecule has 0 aromatic carbocycles. The summed E-state index contributed by atoms with van der Waals surface area (Å²) in [7, 11) is 2.03. The fourth-order valence-electron chi connectivity index (χ4n) is 2.31. The van der Waals surface area contributed by atoms with Gasteiger partial charge in [-0.3, -0.25) is 4.68 Å². The molecule has 1 aliphatic carbocycles. The van der Waals surface area contributed by atoms with Gasteiger partial charge in [-0.05, 0) is 43.1 Å². The lowest BCUT2D eigenvalue weighted by Crippen LogP contribution is -2.37. The van der Waals surface area contributed by atoms with E-state index >= 15 is 0 Å². The zero-order valence-corrected chi connectivity index (χ0v) is 12.2. The summed E-state index contributed by atoms with van der Waals surface area (Å²) < 4.78 is 2.00. The maximum absolute atomic E-state index is 4.25. The van der Waals surface area contributed by atoms with Crippen molar-refractivity contribution in [1.82, 2.24) is 15.1 Å². The number of aryl methyl sites for hydroxylation is 2. The van der Waals surface area contributed by atoms with Gasteiger partial charge in [-0.25, -0.2) is 0 Å². The predicted molar refractivity (Wildman–Crippen MR) is 75.5 cm³/mol. The Bertz CT molecular complexity index is 379. The monoisotopic (exact) mass is 249 g/mol. The van der Waals surface area contributed by atoms with Crippen LogP contribution in [0.4, 0.5) is 0 Å². The van der Waals surface area contributed by atoms with Gasteiger partial charge in [0.25, 0.3) is 0 Å². The maximum Gasteiger partial charge on any atom is 0.0492 e. The molecule has 1 unspecified atom stereocenters. The van der Waals surface area contributed by atoms with Crippen molar-refractivity contribution in [2.75, 3.05) is 6.54 Å². The van der Waals surface area contributed by atoms with E-state index < -0.39 is 0 Å². The van der Waals surface area contributed by atoms with Crippen molar-refractivity contribution >= 4 is 0 Å². The van der Waals surface area contributed by atoms with Gasteiger partial charge in [-0.15, -0.1) is 0 Å². The summed E-state index contributed by atoms with van der Waals surface area (Å²) in [6, 6.07) is 2.94. The van der Waals surface area contributed by atoms with Crippen LogP contribution in [0.1, 0.15) is 45.7 Å². The van der Waals surface area contributed by atoms with Crippen LogP contribution in [0.3, 0.4) is 0 Å². The molecule has 2 rings (SSSR count). The number of nitrogens with zero attached hydrogens (tertiary/aromatic N) is 2. The second-order valence-electron chi connectivity index (χ2n) is 6.41. The Hall–Kier alpha value is -0.830. The lowest BCUT2D eigenvalue weighted by atomic mass is 9.75. The Balaban J connectivity index is 1.90. The third-order valence-electron chi connectivity index (χ3n) is 4.64. The Morgan fingerprint density at radius 3 is 2.72 bits per heavy atom. The minimum Gasteiger partial charge on any atom is -0.313 e. The van der Waals surface area contributed by atoms with Crippen molar-refractivity contribution in [1.29, 1.82) is 0 Å². The highest BCUT2D eigenvalue weighted by atomic mass is 15.2. The van der Waals surface area contributed by atoms with E-state index in [9.17, 15) is 0 Å². The van der Waals surface area contributed by atoms with Gasteiger partial charge >= 0.3 is 0 Å². The summed E-state index contributed by atoms with van der Waals surface area (Å²) in [5.74, 6) is 0.706. The Kier molecular flexibility index (Phi) is 4.10. The summed E-state index contributed by atoms with van der Waals surface area (Å²) in [4.78, 5) is 0. The molecular weight excluding hydrogens is 222 g/mol. The number of rotatable bonds is 7. The molecule has 0 amide bonds. The quantitative estimate of drug-likeness (QED) is 0.805. The van der Waals surface area contributed by atoms with Crippen molar-refractivity contribution in [2.24, 2.45) is 18.4 Å². The third kappa shape index (κ3) is 3.35. The molecule has 3 nitrogen and oxygen atoms in total. The minimum atomic E-state index is 0.382. The van der Waals surface area contributed by atoms with Crippen molar-refractivity contribution < 1.29 is 0 Å². The van der Waals surface area contributed by atoms with Gasteiger partial charge in [0.05, 0.1) is 0 Å². The number of aromatic nitrogens is 2. The summed E-state index contributed by atoms with van der Waals surface area (Å²) >= 11 is 0. The number of hydrogen-bond donors (Lipinski definition) is 1. The van der Waals surface area contributed by atoms with Crippen LogP contribution in [0.2, 0.25) is 0 Å². The van der Waals surface area contributed by atoms with Gasteiger partial charge in [0.15, 0.2) is 0 Å². The fourth-order valence-corrected chi connectivity index (χ4v) is 2.31. The average Bonchev–Trinajstić information content (AvgIpc) is 3.07. The zero-order chi connectivity index (χ0) is 13.2. The molecule has 0 spiro atoms. The van der Waals surface area contributed by atoms with Gasteiger partial charge < -0.3 is 5.32 Å². The van der Waals surface area contributed by atoms with Crippen molar-refractivity contribution in [3.05, 3.63) is 18.0 Å². The molecule has 0 bridgehead atoms. The van der Waals surface area contributed by atoms with E-state index in [1.54, 1.807) is 0 Å². The molecule has 1 fully saturated rings. The van der Waals surface area contributed by atoms with E-state index in [0.29, 0.717) is 11.3 Å². The Morgan fingerprint density at radius 2 is 2.22 bits per heavy atom. The topological polar surface area (TPSA) is 29.9 Å². The van der Waals surface area contributed by atoms with Crippen LogP contribution in [0.5, 0.6) is 0 Å².